The Balaban J connectivity index is 1.96. The molecule has 10 heteroatoms. The van der Waals surface area contributed by atoms with E-state index in [4.69, 9.17) is 5.84 Å². The Labute approximate surface area is 99.0 Å². The van der Waals surface area contributed by atoms with Gasteiger partial charge >= 0.3 is 0 Å². The van der Waals surface area contributed by atoms with Crippen LogP contribution in [0.1, 0.15) is 5.82 Å². The van der Waals surface area contributed by atoms with E-state index in [2.05, 4.69) is 30.8 Å². The SMILES string of the molecule is Cc1nnc(Sc2ccc3nnnn3n2)n1N. The Morgan fingerprint density at radius 1 is 1.24 bits per heavy atom. The summed E-state index contributed by atoms with van der Waals surface area (Å²) in [6.45, 7) is 1.77. The summed E-state index contributed by atoms with van der Waals surface area (Å²) in [5, 5.41) is 24.2. The molecule has 3 aromatic heterocycles. The fourth-order valence-electron chi connectivity index (χ4n) is 1.20. The van der Waals surface area contributed by atoms with E-state index in [1.54, 1.807) is 19.1 Å². The van der Waals surface area contributed by atoms with E-state index in [-0.39, 0.29) is 0 Å². The summed E-state index contributed by atoms with van der Waals surface area (Å²) in [6, 6.07) is 3.56. The van der Waals surface area contributed by atoms with E-state index >= 15 is 0 Å². The van der Waals surface area contributed by atoms with Gasteiger partial charge in [0.2, 0.25) is 5.16 Å². The maximum atomic E-state index is 5.74. The Bertz CT molecular complexity index is 671. The Kier molecular flexibility index (Phi) is 2.14. The summed E-state index contributed by atoms with van der Waals surface area (Å²) in [7, 11) is 0. The predicted octanol–water partition coefficient (Wildman–Crippen LogP) is -0.716. The number of hydrogen-bond donors (Lipinski definition) is 1. The normalized spacial score (nSPS) is 11.1. The Morgan fingerprint density at radius 3 is 2.88 bits per heavy atom. The van der Waals surface area contributed by atoms with Crippen LogP contribution in [0.5, 0.6) is 0 Å². The van der Waals surface area contributed by atoms with Crippen molar-refractivity contribution >= 4 is 17.4 Å². The van der Waals surface area contributed by atoms with Gasteiger partial charge in [0.1, 0.15) is 10.9 Å². The minimum absolute atomic E-state index is 0.558. The predicted molar refractivity (Wildman–Crippen MR) is 57.6 cm³/mol. The van der Waals surface area contributed by atoms with Crippen LogP contribution in [0.4, 0.5) is 0 Å². The highest BCUT2D eigenvalue weighted by molar-refractivity contribution is 7.99. The van der Waals surface area contributed by atoms with Gasteiger partial charge in [-0.1, -0.05) is 0 Å². The number of rotatable bonds is 2. The Morgan fingerprint density at radius 2 is 2.12 bits per heavy atom. The molecule has 0 aromatic carbocycles. The molecule has 0 saturated heterocycles. The molecule has 9 nitrogen and oxygen atoms in total. The molecule has 0 aliphatic carbocycles. The molecular formula is C7H7N9S. The lowest BCUT2D eigenvalue weighted by molar-refractivity contribution is 0.701. The van der Waals surface area contributed by atoms with Crippen molar-refractivity contribution < 1.29 is 0 Å². The average Bonchev–Trinajstić information content (AvgIpc) is 2.90. The van der Waals surface area contributed by atoms with Crippen LogP contribution in [0.25, 0.3) is 5.65 Å². The largest absolute Gasteiger partial charge is 0.336 e. The van der Waals surface area contributed by atoms with Crippen LogP contribution in [-0.2, 0) is 0 Å². The van der Waals surface area contributed by atoms with Crippen LogP contribution in [0.15, 0.2) is 22.3 Å². The van der Waals surface area contributed by atoms with Crippen LogP contribution in [-0.4, -0.2) is 40.1 Å². The lowest BCUT2D eigenvalue weighted by Crippen LogP contribution is -2.11. The average molecular weight is 249 g/mol. The molecule has 0 unspecified atom stereocenters. The molecule has 0 aliphatic heterocycles. The van der Waals surface area contributed by atoms with Crippen LogP contribution in [0.2, 0.25) is 0 Å². The van der Waals surface area contributed by atoms with Crippen LogP contribution in [0.3, 0.4) is 0 Å². The van der Waals surface area contributed by atoms with Crippen LogP contribution < -0.4 is 5.84 Å². The molecular weight excluding hydrogens is 242 g/mol. The fourth-order valence-corrected chi connectivity index (χ4v) is 1.95. The lowest BCUT2D eigenvalue weighted by Gasteiger charge is -2.00. The standard InChI is InChI=1S/C7H7N9S/c1-4-9-11-7(15(4)8)17-6-3-2-5-10-13-14-16(5)12-6/h2-3H,8H2,1H3. The van der Waals surface area contributed by atoms with Crippen molar-refractivity contribution in [1.29, 1.82) is 0 Å². The van der Waals surface area contributed by atoms with Gasteiger partial charge in [0.15, 0.2) is 5.65 Å². The third-order valence-corrected chi connectivity index (χ3v) is 2.96. The van der Waals surface area contributed by atoms with E-state index < -0.39 is 0 Å². The highest BCUT2D eigenvalue weighted by Crippen LogP contribution is 2.22. The number of aromatic nitrogens is 8. The van der Waals surface area contributed by atoms with Crippen molar-refractivity contribution in [2.75, 3.05) is 5.84 Å². The number of tetrazole rings is 1. The zero-order valence-corrected chi connectivity index (χ0v) is 9.53. The molecule has 0 bridgehead atoms. The van der Waals surface area contributed by atoms with Crippen molar-refractivity contribution in [3.8, 4) is 0 Å². The molecule has 0 saturated carbocycles. The number of nitrogens with zero attached hydrogens (tertiary/aromatic N) is 8. The second kappa shape index (κ2) is 3.66. The van der Waals surface area contributed by atoms with Crippen molar-refractivity contribution in [3.05, 3.63) is 18.0 Å². The van der Waals surface area contributed by atoms with Gasteiger partial charge in [-0.3, -0.25) is 0 Å². The molecule has 86 valence electrons. The summed E-state index contributed by atoms with van der Waals surface area (Å²) in [5.41, 5.74) is 0.583. The van der Waals surface area contributed by atoms with E-state index in [0.717, 1.165) is 0 Å². The van der Waals surface area contributed by atoms with E-state index in [1.165, 1.54) is 21.1 Å². The number of aryl methyl sites for hydroxylation is 1. The number of hydrogen-bond acceptors (Lipinski definition) is 8. The molecule has 2 N–H and O–H groups in total. The number of fused-ring (bicyclic) bond motifs is 1. The molecule has 0 amide bonds. The molecule has 3 aromatic rings. The van der Waals surface area contributed by atoms with Gasteiger partial charge in [0, 0.05) is 0 Å². The quantitative estimate of drug-likeness (QED) is 0.592. The van der Waals surface area contributed by atoms with Crippen LogP contribution >= 0.6 is 11.8 Å². The zero-order valence-electron chi connectivity index (χ0n) is 8.72. The van der Waals surface area contributed by atoms with E-state index in [0.29, 0.717) is 21.7 Å². The van der Waals surface area contributed by atoms with Crippen molar-refractivity contribution in [1.82, 2.24) is 40.1 Å². The Hall–Kier alpha value is -2.23. The number of nitrogens with two attached hydrogens (primary N) is 1. The van der Waals surface area contributed by atoms with Gasteiger partial charge in [-0.05, 0) is 41.2 Å². The van der Waals surface area contributed by atoms with Gasteiger partial charge in [-0.15, -0.1) is 25.0 Å². The van der Waals surface area contributed by atoms with Crippen LogP contribution in [0, 0.1) is 6.92 Å². The summed E-state index contributed by atoms with van der Waals surface area (Å²) in [6.07, 6.45) is 0. The van der Waals surface area contributed by atoms with Crippen molar-refractivity contribution in [2.45, 2.75) is 17.1 Å². The summed E-state index contributed by atoms with van der Waals surface area (Å²) < 4.78 is 2.74. The zero-order chi connectivity index (χ0) is 11.8. The van der Waals surface area contributed by atoms with Gasteiger partial charge in [0.05, 0.1) is 0 Å². The number of nitrogen functional groups attached to an aromatic ring is 1. The summed E-state index contributed by atoms with van der Waals surface area (Å²) >= 11 is 1.29. The molecule has 0 spiro atoms. The topological polar surface area (TPSA) is 113 Å². The fraction of sp³-hybridized carbons (Fsp3) is 0.143. The van der Waals surface area contributed by atoms with E-state index in [9.17, 15) is 0 Å². The molecule has 0 aliphatic rings. The molecule has 0 atom stereocenters. The first-order chi connectivity index (χ1) is 8.24. The third kappa shape index (κ3) is 1.67. The maximum Gasteiger partial charge on any atom is 0.216 e. The second-order valence-electron chi connectivity index (χ2n) is 3.20. The molecule has 0 radical (unpaired) electrons. The highest BCUT2D eigenvalue weighted by Gasteiger charge is 2.09. The summed E-state index contributed by atoms with van der Waals surface area (Å²) in [4.78, 5) is 0. The minimum Gasteiger partial charge on any atom is -0.336 e. The maximum absolute atomic E-state index is 5.74. The highest BCUT2D eigenvalue weighted by atomic mass is 32.2. The van der Waals surface area contributed by atoms with E-state index in [1.807, 2.05) is 0 Å². The first kappa shape index (κ1) is 9.96. The molecule has 3 rings (SSSR count). The third-order valence-electron chi connectivity index (χ3n) is 2.08. The van der Waals surface area contributed by atoms with Crippen molar-refractivity contribution in [3.63, 3.8) is 0 Å². The second-order valence-corrected chi connectivity index (χ2v) is 4.19. The monoisotopic (exact) mass is 249 g/mol. The van der Waals surface area contributed by atoms with Gasteiger partial charge in [-0.2, -0.15) is 0 Å². The minimum atomic E-state index is 0.558. The molecule has 0 fully saturated rings. The first-order valence-electron chi connectivity index (χ1n) is 4.64. The van der Waals surface area contributed by atoms with Gasteiger partial charge < -0.3 is 5.84 Å². The van der Waals surface area contributed by atoms with Crippen molar-refractivity contribution in [2.24, 2.45) is 0 Å². The van der Waals surface area contributed by atoms with Gasteiger partial charge in [0.25, 0.3) is 0 Å². The molecule has 17 heavy (non-hydrogen) atoms. The van der Waals surface area contributed by atoms with Gasteiger partial charge in [-0.25, -0.2) is 4.68 Å². The first-order valence-corrected chi connectivity index (χ1v) is 5.46. The lowest BCUT2D eigenvalue weighted by atomic mass is 10.6. The smallest absolute Gasteiger partial charge is 0.216 e. The molecule has 3 heterocycles. The summed E-state index contributed by atoms with van der Waals surface area (Å²) in [5.74, 6) is 6.37.